The molecule has 12 aromatic carbocycles. The zero-order chi connectivity index (χ0) is 51.6. The fraction of sp³-hybridized carbons (Fsp3) is 0.0400. The van der Waals surface area contributed by atoms with Crippen LogP contribution in [0, 0.1) is 0 Å². The molecule has 3 aromatic heterocycles. The van der Waals surface area contributed by atoms with Crippen molar-refractivity contribution in [2.24, 2.45) is 0 Å². The van der Waals surface area contributed by atoms with Crippen LogP contribution in [0.4, 0.5) is 0 Å². The van der Waals surface area contributed by atoms with Gasteiger partial charge in [0.25, 0.3) is 0 Å². The Balaban J connectivity index is 0.815. The molecule has 366 valence electrons. The standard InChI is InChI=1S/C75H50N2O/c1-75(2)67-25-12-9-22-59(67)62-45-65-64-43-53(50-20-15-21-51(38-50)56-40-54(47-16-5-3-6-17-47)39-55(41-56)48-18-7-4-8-19-48)31-36-71(64)76(72(65)46-68(62)75)57-32-28-49(29-33-57)52-30-35-70-63(42-52)60-23-10-13-26-69(60)77(70)58-34-37-74-66(44-58)61-24-11-14-27-73(61)78-74/h3-46H,1-2H3. The predicted octanol–water partition coefficient (Wildman–Crippen LogP) is 20.4. The fourth-order valence-electron chi connectivity index (χ4n) is 13.0. The number of aromatic nitrogens is 2. The summed E-state index contributed by atoms with van der Waals surface area (Å²) in [5.41, 5.74) is 26.0. The molecule has 3 heteroatoms. The van der Waals surface area contributed by atoms with Crippen LogP contribution in [0.25, 0.3) is 144 Å². The van der Waals surface area contributed by atoms with Crippen LogP contribution in [0.1, 0.15) is 25.0 Å². The maximum atomic E-state index is 6.23. The van der Waals surface area contributed by atoms with E-state index in [0.717, 1.165) is 33.3 Å². The predicted molar refractivity (Wildman–Crippen MR) is 327 cm³/mol. The largest absolute Gasteiger partial charge is 0.456 e. The second-order valence-electron chi connectivity index (χ2n) is 21.7. The molecule has 3 heterocycles. The molecule has 16 rings (SSSR count). The summed E-state index contributed by atoms with van der Waals surface area (Å²) in [6.45, 7) is 4.76. The Morgan fingerprint density at radius 2 is 0.731 bits per heavy atom. The van der Waals surface area contributed by atoms with Gasteiger partial charge in [-0.2, -0.15) is 0 Å². The summed E-state index contributed by atoms with van der Waals surface area (Å²) in [7, 11) is 0. The van der Waals surface area contributed by atoms with Gasteiger partial charge in [0, 0.05) is 49.1 Å². The number of fused-ring (bicyclic) bond motifs is 12. The van der Waals surface area contributed by atoms with Crippen molar-refractivity contribution in [3.63, 3.8) is 0 Å². The highest BCUT2D eigenvalue weighted by Gasteiger charge is 2.36. The Bertz CT molecular complexity index is 4860. The van der Waals surface area contributed by atoms with Gasteiger partial charge in [-0.3, -0.25) is 0 Å². The first kappa shape index (κ1) is 44.3. The van der Waals surface area contributed by atoms with Crippen molar-refractivity contribution in [3.05, 3.63) is 278 Å². The topological polar surface area (TPSA) is 23.0 Å². The Kier molecular flexibility index (Phi) is 9.68. The molecule has 0 N–H and O–H groups in total. The highest BCUT2D eigenvalue weighted by atomic mass is 16.3. The summed E-state index contributed by atoms with van der Waals surface area (Å²) < 4.78 is 11.1. The zero-order valence-electron chi connectivity index (χ0n) is 43.2. The summed E-state index contributed by atoms with van der Waals surface area (Å²) in [5.74, 6) is 0. The van der Waals surface area contributed by atoms with Gasteiger partial charge in [0.15, 0.2) is 0 Å². The molecule has 3 nitrogen and oxygen atoms in total. The minimum Gasteiger partial charge on any atom is -0.456 e. The van der Waals surface area contributed by atoms with Crippen molar-refractivity contribution in [1.29, 1.82) is 0 Å². The molecule has 0 bridgehead atoms. The van der Waals surface area contributed by atoms with Gasteiger partial charge in [0.05, 0.1) is 22.1 Å². The van der Waals surface area contributed by atoms with E-state index in [-0.39, 0.29) is 5.41 Å². The lowest BCUT2D eigenvalue weighted by molar-refractivity contribution is 0.661. The van der Waals surface area contributed by atoms with E-state index in [1.807, 2.05) is 12.1 Å². The summed E-state index contributed by atoms with van der Waals surface area (Å²) in [5, 5.41) is 7.20. The van der Waals surface area contributed by atoms with Gasteiger partial charge in [-0.25, -0.2) is 0 Å². The van der Waals surface area contributed by atoms with Crippen LogP contribution in [0.5, 0.6) is 0 Å². The quantitative estimate of drug-likeness (QED) is 0.156. The first-order valence-electron chi connectivity index (χ1n) is 27.0. The van der Waals surface area contributed by atoms with Crippen molar-refractivity contribution in [2.45, 2.75) is 19.3 Å². The Morgan fingerprint density at radius 3 is 1.46 bits per heavy atom. The summed E-state index contributed by atoms with van der Waals surface area (Å²) >= 11 is 0. The maximum absolute atomic E-state index is 6.23. The van der Waals surface area contributed by atoms with Crippen molar-refractivity contribution in [3.8, 4) is 78.1 Å². The number of furan rings is 1. The number of nitrogens with zero attached hydrogens (tertiary/aromatic N) is 2. The summed E-state index contributed by atoms with van der Waals surface area (Å²) in [6.07, 6.45) is 0. The molecule has 0 spiro atoms. The molecule has 1 aliphatic rings. The van der Waals surface area contributed by atoms with Crippen LogP contribution in [-0.4, -0.2) is 9.13 Å². The lowest BCUT2D eigenvalue weighted by atomic mass is 9.82. The van der Waals surface area contributed by atoms with Crippen LogP contribution in [-0.2, 0) is 5.41 Å². The Labute approximate surface area is 452 Å². The number of rotatable bonds is 7. The molecule has 0 atom stereocenters. The number of para-hydroxylation sites is 2. The van der Waals surface area contributed by atoms with Crippen LogP contribution in [0.15, 0.2) is 271 Å². The Morgan fingerprint density at radius 1 is 0.256 bits per heavy atom. The van der Waals surface area contributed by atoms with E-state index in [2.05, 4.69) is 278 Å². The molecule has 0 saturated carbocycles. The van der Waals surface area contributed by atoms with Crippen LogP contribution in [0.2, 0.25) is 0 Å². The molecular formula is C75H50N2O. The maximum Gasteiger partial charge on any atom is 0.135 e. The lowest BCUT2D eigenvalue weighted by Crippen LogP contribution is -2.14. The second kappa shape index (κ2) is 17.0. The SMILES string of the molecule is CC1(C)c2ccccc2-c2cc3c4cc(-c5cccc(-c6cc(-c7ccccc7)cc(-c7ccccc7)c6)c5)ccc4n(-c4ccc(-c5ccc6c(c5)c5ccccc5n6-c5ccc6oc7ccccc7c6c5)cc4)c3cc21. The van der Waals surface area contributed by atoms with E-state index in [4.69, 9.17) is 4.42 Å². The zero-order valence-corrected chi connectivity index (χ0v) is 43.2. The monoisotopic (exact) mass is 994 g/mol. The number of hydrogen-bond donors (Lipinski definition) is 0. The highest BCUT2D eigenvalue weighted by Crippen LogP contribution is 2.51. The van der Waals surface area contributed by atoms with E-state index in [1.165, 1.54) is 122 Å². The van der Waals surface area contributed by atoms with E-state index in [1.54, 1.807) is 0 Å². The molecule has 0 saturated heterocycles. The molecule has 15 aromatic rings. The minimum atomic E-state index is -0.142. The van der Waals surface area contributed by atoms with Gasteiger partial charge >= 0.3 is 0 Å². The third-order valence-electron chi connectivity index (χ3n) is 16.9. The minimum absolute atomic E-state index is 0.142. The molecular weight excluding hydrogens is 945 g/mol. The van der Waals surface area contributed by atoms with Crippen molar-refractivity contribution in [2.75, 3.05) is 0 Å². The molecule has 78 heavy (non-hydrogen) atoms. The van der Waals surface area contributed by atoms with E-state index >= 15 is 0 Å². The smallest absolute Gasteiger partial charge is 0.135 e. The molecule has 0 radical (unpaired) electrons. The van der Waals surface area contributed by atoms with Crippen LogP contribution < -0.4 is 0 Å². The normalized spacial score (nSPS) is 12.8. The van der Waals surface area contributed by atoms with E-state index in [0.29, 0.717) is 0 Å². The molecule has 0 amide bonds. The van der Waals surface area contributed by atoms with Gasteiger partial charge in [0.1, 0.15) is 11.2 Å². The third-order valence-corrected chi connectivity index (χ3v) is 16.9. The third kappa shape index (κ3) is 6.84. The van der Waals surface area contributed by atoms with Gasteiger partial charge in [0.2, 0.25) is 0 Å². The summed E-state index contributed by atoms with van der Waals surface area (Å²) in [4.78, 5) is 0. The van der Waals surface area contributed by atoms with Crippen molar-refractivity contribution >= 4 is 65.6 Å². The van der Waals surface area contributed by atoms with Crippen LogP contribution >= 0.6 is 0 Å². The van der Waals surface area contributed by atoms with E-state index in [9.17, 15) is 0 Å². The molecule has 0 unspecified atom stereocenters. The van der Waals surface area contributed by atoms with Gasteiger partial charge < -0.3 is 13.6 Å². The van der Waals surface area contributed by atoms with Gasteiger partial charge in [-0.1, -0.05) is 178 Å². The fourth-order valence-corrected chi connectivity index (χ4v) is 13.0. The number of benzene rings is 12. The number of hydrogen-bond acceptors (Lipinski definition) is 1. The van der Waals surface area contributed by atoms with E-state index < -0.39 is 0 Å². The second-order valence-corrected chi connectivity index (χ2v) is 21.7. The van der Waals surface area contributed by atoms with Crippen molar-refractivity contribution < 1.29 is 4.42 Å². The first-order valence-corrected chi connectivity index (χ1v) is 27.0. The molecule has 1 aliphatic carbocycles. The first-order chi connectivity index (χ1) is 38.4. The Hall–Kier alpha value is -9.96. The summed E-state index contributed by atoms with van der Waals surface area (Å²) in [6, 6.07) is 98.3. The highest BCUT2D eigenvalue weighted by molar-refractivity contribution is 6.14. The average Bonchev–Trinajstić information content (AvgIpc) is 4.23. The lowest BCUT2D eigenvalue weighted by Gasteiger charge is -2.21. The van der Waals surface area contributed by atoms with Crippen LogP contribution in [0.3, 0.4) is 0 Å². The molecule has 0 fully saturated rings. The van der Waals surface area contributed by atoms with Gasteiger partial charge in [-0.05, 0) is 181 Å². The average molecular weight is 995 g/mol. The van der Waals surface area contributed by atoms with Crippen molar-refractivity contribution in [1.82, 2.24) is 9.13 Å². The molecule has 0 aliphatic heterocycles. The van der Waals surface area contributed by atoms with Gasteiger partial charge in [-0.15, -0.1) is 0 Å².